The number of H-pyrrole nitrogens is 1. The van der Waals surface area contributed by atoms with Gasteiger partial charge in [-0.3, -0.25) is 4.98 Å². The molecule has 0 saturated carbocycles. The summed E-state index contributed by atoms with van der Waals surface area (Å²) in [6.07, 6.45) is 5.63. The third kappa shape index (κ3) is 4.57. The van der Waals surface area contributed by atoms with Crippen LogP contribution in [0.4, 0.5) is 17.1 Å². The lowest BCUT2D eigenvalue weighted by Crippen LogP contribution is -2.15. The van der Waals surface area contributed by atoms with E-state index in [1.807, 2.05) is 42.6 Å². The minimum absolute atomic E-state index is 0.480. The number of anilines is 3. The van der Waals surface area contributed by atoms with Crippen LogP contribution in [-0.2, 0) is 18.4 Å². The molecule has 1 aliphatic carbocycles. The number of benzene rings is 2. The molecule has 1 unspecified atom stereocenters. The van der Waals surface area contributed by atoms with Crippen LogP contribution in [-0.4, -0.2) is 33.8 Å². The maximum absolute atomic E-state index is 10.5. The summed E-state index contributed by atoms with van der Waals surface area (Å²) in [6.45, 7) is 4.35. The number of aliphatic hydroxyl groups excluding tert-OH is 1. The number of para-hydroxylation sites is 1. The zero-order valence-corrected chi connectivity index (χ0v) is 20.4. The zero-order chi connectivity index (χ0) is 24.6. The van der Waals surface area contributed by atoms with Gasteiger partial charge in [-0.25, -0.2) is 0 Å². The van der Waals surface area contributed by atoms with Crippen molar-refractivity contribution in [2.24, 2.45) is 0 Å². The average Bonchev–Trinajstić information content (AvgIpc) is 3.43. The van der Waals surface area contributed by atoms with E-state index in [-0.39, 0.29) is 0 Å². The molecule has 7 nitrogen and oxygen atoms in total. The van der Waals surface area contributed by atoms with Gasteiger partial charge in [0.1, 0.15) is 5.75 Å². The smallest absolute Gasteiger partial charge is 0.144 e. The number of ether oxygens (including phenoxy) is 1. The summed E-state index contributed by atoms with van der Waals surface area (Å²) in [5.41, 5.74) is 6.83. The van der Waals surface area contributed by atoms with E-state index in [0.717, 1.165) is 69.9 Å². The van der Waals surface area contributed by atoms with Crippen LogP contribution in [0.1, 0.15) is 48.8 Å². The molecule has 1 atom stereocenters. The number of rotatable bonds is 8. The molecule has 1 aliphatic rings. The van der Waals surface area contributed by atoms with Gasteiger partial charge in [-0.2, -0.15) is 0 Å². The molecule has 0 fully saturated rings. The summed E-state index contributed by atoms with van der Waals surface area (Å²) in [4.78, 5) is 7.69. The van der Waals surface area contributed by atoms with Crippen LogP contribution in [0.2, 0.25) is 0 Å². The van der Waals surface area contributed by atoms with Crippen molar-refractivity contribution in [3.8, 4) is 5.75 Å². The SMILES string of the molecule is COc1cc(Nc2ccnc3c2CCC3O)ccc1NCCc1c[nH]c2c(C(C)(C)O)cccc12. The Morgan fingerprint density at radius 2 is 2.03 bits per heavy atom. The van der Waals surface area contributed by atoms with Crippen molar-refractivity contribution in [3.63, 3.8) is 0 Å². The van der Waals surface area contributed by atoms with Crippen molar-refractivity contribution in [1.29, 1.82) is 0 Å². The van der Waals surface area contributed by atoms with Crippen molar-refractivity contribution in [1.82, 2.24) is 9.97 Å². The number of aliphatic hydroxyl groups is 2. The predicted octanol–water partition coefficient (Wildman–Crippen LogP) is 5.18. The van der Waals surface area contributed by atoms with E-state index < -0.39 is 11.7 Å². The van der Waals surface area contributed by atoms with E-state index in [9.17, 15) is 10.2 Å². The van der Waals surface area contributed by atoms with Gasteiger partial charge in [-0.1, -0.05) is 18.2 Å². The molecule has 0 bridgehead atoms. The Labute approximate surface area is 205 Å². The second-order valence-corrected chi connectivity index (χ2v) is 9.59. The van der Waals surface area contributed by atoms with Crippen molar-refractivity contribution in [2.45, 2.75) is 44.8 Å². The normalized spacial score (nSPS) is 15.3. The lowest BCUT2D eigenvalue weighted by atomic mass is 9.95. The second kappa shape index (κ2) is 9.24. The lowest BCUT2D eigenvalue weighted by molar-refractivity contribution is 0.0800. The van der Waals surface area contributed by atoms with Crippen LogP contribution in [0.3, 0.4) is 0 Å². The summed E-state index contributed by atoms with van der Waals surface area (Å²) in [5, 5.41) is 28.7. The average molecular weight is 473 g/mol. The topological polar surface area (TPSA) is 102 Å². The summed E-state index contributed by atoms with van der Waals surface area (Å²) >= 11 is 0. The van der Waals surface area contributed by atoms with Crippen LogP contribution in [0, 0.1) is 0 Å². The van der Waals surface area contributed by atoms with Gasteiger partial charge in [0.05, 0.1) is 35.7 Å². The molecule has 2 aromatic carbocycles. The Balaban J connectivity index is 1.28. The van der Waals surface area contributed by atoms with Crippen molar-refractivity contribution < 1.29 is 14.9 Å². The fourth-order valence-electron chi connectivity index (χ4n) is 4.92. The van der Waals surface area contributed by atoms with Gasteiger partial charge in [0, 0.05) is 47.3 Å². The lowest BCUT2D eigenvalue weighted by Gasteiger charge is -2.18. The first-order valence-electron chi connectivity index (χ1n) is 12.0. The monoisotopic (exact) mass is 472 g/mol. The minimum Gasteiger partial charge on any atom is -0.495 e. The molecule has 0 aliphatic heterocycles. The Bertz CT molecular complexity index is 1360. The molecule has 0 saturated heterocycles. The van der Waals surface area contributed by atoms with E-state index in [0.29, 0.717) is 6.42 Å². The van der Waals surface area contributed by atoms with Crippen LogP contribution < -0.4 is 15.4 Å². The fourth-order valence-corrected chi connectivity index (χ4v) is 4.92. The van der Waals surface area contributed by atoms with Gasteiger partial charge in [0.2, 0.25) is 0 Å². The van der Waals surface area contributed by atoms with Crippen LogP contribution in [0.15, 0.2) is 54.9 Å². The number of aromatic amines is 1. The maximum Gasteiger partial charge on any atom is 0.144 e. The van der Waals surface area contributed by atoms with Crippen LogP contribution in [0.5, 0.6) is 5.75 Å². The van der Waals surface area contributed by atoms with E-state index in [1.54, 1.807) is 27.2 Å². The highest BCUT2D eigenvalue weighted by atomic mass is 16.5. The van der Waals surface area contributed by atoms with E-state index in [2.05, 4.69) is 26.7 Å². The molecule has 2 aromatic heterocycles. The molecule has 35 heavy (non-hydrogen) atoms. The van der Waals surface area contributed by atoms with Gasteiger partial charge in [-0.05, 0) is 62.4 Å². The molecule has 0 spiro atoms. The standard InChI is InChI=1S/C28H32N4O3/c1-28(2,34)21-6-4-5-19-17(16-31-26(19)21)11-13-29-23-9-7-18(15-25(23)35-3)32-22-12-14-30-27-20(22)8-10-24(27)33/h4-7,9,12,14-16,24,29,31,33-34H,8,10-11,13H2,1-3H3,(H,30,32). The number of aromatic nitrogens is 2. The Morgan fingerprint density at radius 3 is 2.83 bits per heavy atom. The van der Waals surface area contributed by atoms with Gasteiger partial charge < -0.3 is 30.6 Å². The zero-order valence-electron chi connectivity index (χ0n) is 20.4. The van der Waals surface area contributed by atoms with Crippen molar-refractivity contribution >= 4 is 28.0 Å². The third-order valence-corrected chi connectivity index (χ3v) is 6.72. The van der Waals surface area contributed by atoms with E-state index in [1.165, 1.54) is 5.56 Å². The molecule has 0 amide bonds. The van der Waals surface area contributed by atoms with Crippen molar-refractivity contribution in [3.05, 3.63) is 77.2 Å². The number of pyridine rings is 1. The number of fused-ring (bicyclic) bond motifs is 2. The summed E-state index contributed by atoms with van der Waals surface area (Å²) in [6, 6.07) is 14.0. The Morgan fingerprint density at radius 1 is 1.17 bits per heavy atom. The van der Waals surface area contributed by atoms with Crippen molar-refractivity contribution in [2.75, 3.05) is 24.3 Å². The molecule has 2 heterocycles. The largest absolute Gasteiger partial charge is 0.495 e. The highest BCUT2D eigenvalue weighted by Gasteiger charge is 2.24. The first-order valence-corrected chi connectivity index (χ1v) is 12.0. The minimum atomic E-state index is -0.904. The Hall–Kier alpha value is -3.55. The number of nitrogens with one attached hydrogen (secondary N) is 3. The van der Waals surface area contributed by atoms with Gasteiger partial charge in [0.15, 0.2) is 0 Å². The molecule has 5 rings (SSSR count). The van der Waals surface area contributed by atoms with Crippen LogP contribution >= 0.6 is 0 Å². The molecule has 7 heteroatoms. The fraction of sp³-hybridized carbons (Fsp3) is 0.321. The number of hydrogen-bond acceptors (Lipinski definition) is 6. The van der Waals surface area contributed by atoms with Gasteiger partial charge in [0.25, 0.3) is 0 Å². The molecule has 5 N–H and O–H groups in total. The Kier molecular flexibility index (Phi) is 6.13. The molecular formula is C28H32N4O3. The predicted molar refractivity (Wildman–Crippen MR) is 140 cm³/mol. The first kappa shape index (κ1) is 23.2. The summed E-state index contributed by atoms with van der Waals surface area (Å²) in [7, 11) is 1.67. The molecule has 4 aromatic rings. The molecule has 182 valence electrons. The summed E-state index contributed by atoms with van der Waals surface area (Å²) in [5.74, 6) is 0.754. The molecular weight excluding hydrogens is 440 g/mol. The molecule has 0 radical (unpaired) electrons. The summed E-state index contributed by atoms with van der Waals surface area (Å²) < 4.78 is 5.66. The third-order valence-electron chi connectivity index (χ3n) is 6.72. The van der Waals surface area contributed by atoms with Gasteiger partial charge in [-0.15, -0.1) is 0 Å². The number of nitrogens with zero attached hydrogens (tertiary/aromatic N) is 1. The highest BCUT2D eigenvalue weighted by molar-refractivity contribution is 5.86. The first-order chi connectivity index (χ1) is 16.8. The number of hydrogen-bond donors (Lipinski definition) is 5. The van der Waals surface area contributed by atoms with Gasteiger partial charge >= 0.3 is 0 Å². The van der Waals surface area contributed by atoms with E-state index >= 15 is 0 Å². The second-order valence-electron chi connectivity index (χ2n) is 9.59. The number of methoxy groups -OCH3 is 1. The highest BCUT2D eigenvalue weighted by Crippen LogP contribution is 2.36. The maximum atomic E-state index is 10.5. The van der Waals surface area contributed by atoms with Crippen LogP contribution in [0.25, 0.3) is 10.9 Å². The quantitative estimate of drug-likeness (QED) is 0.242. The van der Waals surface area contributed by atoms with E-state index in [4.69, 9.17) is 4.74 Å².